The molecule has 1 aromatic carbocycles. The van der Waals surface area contributed by atoms with Gasteiger partial charge in [-0.1, -0.05) is 0 Å². The summed E-state index contributed by atoms with van der Waals surface area (Å²) in [7, 11) is 0. The highest BCUT2D eigenvalue weighted by atomic mass is 32.1. The van der Waals surface area contributed by atoms with Crippen molar-refractivity contribution < 1.29 is 9.53 Å². The zero-order valence-corrected chi connectivity index (χ0v) is 14.2. The maximum absolute atomic E-state index is 11.5. The van der Waals surface area contributed by atoms with E-state index in [0.717, 1.165) is 11.3 Å². The third-order valence-corrected chi connectivity index (χ3v) is 3.51. The normalized spacial score (nSPS) is 11.8. The molecule has 1 aromatic heterocycles. The number of carbonyl (C=O) groups excluding carboxylic acids is 1. The van der Waals surface area contributed by atoms with Crippen molar-refractivity contribution >= 4 is 18.5 Å². The molecule has 0 aliphatic heterocycles. The first-order valence-electron chi connectivity index (χ1n) is 7.51. The molecule has 2 aromatic rings. The molecule has 9 heteroatoms. The summed E-state index contributed by atoms with van der Waals surface area (Å²) in [6.07, 6.45) is 0.682. The largest absolute Gasteiger partial charge is 0.494 e. The van der Waals surface area contributed by atoms with E-state index in [9.17, 15) is 4.79 Å². The minimum absolute atomic E-state index is 0.199. The molecular formula is C15H20N6O2S. The van der Waals surface area contributed by atoms with E-state index in [2.05, 4.69) is 38.3 Å². The van der Waals surface area contributed by atoms with Crippen LogP contribution in [-0.2, 0) is 4.79 Å². The fourth-order valence-electron chi connectivity index (χ4n) is 1.78. The van der Waals surface area contributed by atoms with Crippen LogP contribution in [0.15, 0.2) is 24.3 Å². The van der Waals surface area contributed by atoms with Crippen molar-refractivity contribution in [2.45, 2.75) is 19.4 Å². The smallest absolute Gasteiger partial charge is 0.237 e. The monoisotopic (exact) mass is 348 g/mol. The van der Waals surface area contributed by atoms with Gasteiger partial charge < -0.3 is 15.8 Å². The van der Waals surface area contributed by atoms with Crippen molar-refractivity contribution in [1.82, 2.24) is 25.7 Å². The van der Waals surface area contributed by atoms with Gasteiger partial charge in [-0.25, -0.2) is 0 Å². The molecule has 0 fully saturated rings. The number of carbonyl (C=O) groups is 1. The van der Waals surface area contributed by atoms with Crippen LogP contribution in [0.25, 0.3) is 11.4 Å². The van der Waals surface area contributed by atoms with Crippen LogP contribution < -0.4 is 15.8 Å². The molecular weight excluding hydrogens is 328 g/mol. The molecule has 24 heavy (non-hydrogen) atoms. The molecule has 0 bridgehead atoms. The summed E-state index contributed by atoms with van der Waals surface area (Å²) in [5.74, 6) is 1.85. The van der Waals surface area contributed by atoms with Crippen LogP contribution in [0.2, 0.25) is 0 Å². The van der Waals surface area contributed by atoms with Gasteiger partial charge >= 0.3 is 0 Å². The average Bonchev–Trinajstić information content (AvgIpc) is 2.61. The minimum Gasteiger partial charge on any atom is -0.494 e. The fraction of sp³-hybridized carbons (Fsp3) is 0.400. The summed E-state index contributed by atoms with van der Waals surface area (Å²) in [6.45, 7) is 2.72. The molecule has 3 N–H and O–H groups in total. The molecule has 1 unspecified atom stereocenters. The standard InChI is InChI=1S/C15H20N6O2S/c1-10-18-20-14(21-19-10)11-3-5-12(6-4-11)23-8-2-7-17-15(22)13(16)9-24/h3-6,13,24H,2,7-9,16H2,1H3,(H,17,22). The molecule has 8 nitrogen and oxygen atoms in total. The van der Waals surface area contributed by atoms with Crippen LogP contribution in [0.1, 0.15) is 12.2 Å². The Labute approximate surface area is 145 Å². The average molecular weight is 348 g/mol. The first kappa shape index (κ1) is 18.1. The Balaban J connectivity index is 1.74. The van der Waals surface area contributed by atoms with E-state index in [1.807, 2.05) is 24.3 Å². The van der Waals surface area contributed by atoms with E-state index in [-0.39, 0.29) is 5.91 Å². The summed E-state index contributed by atoms with van der Waals surface area (Å²) in [5, 5.41) is 18.5. The van der Waals surface area contributed by atoms with Gasteiger partial charge in [-0.05, 0) is 37.6 Å². The second-order valence-corrected chi connectivity index (χ2v) is 5.44. The number of hydrogen-bond donors (Lipinski definition) is 3. The predicted octanol–water partition coefficient (Wildman–Crippen LogP) is 0.384. The summed E-state index contributed by atoms with van der Waals surface area (Å²) < 4.78 is 5.61. The number of aryl methyl sites for hydroxylation is 1. The number of thiol groups is 1. The molecule has 0 saturated heterocycles. The van der Waals surface area contributed by atoms with Crippen LogP contribution in [0.5, 0.6) is 5.75 Å². The highest BCUT2D eigenvalue weighted by Gasteiger charge is 2.09. The third kappa shape index (κ3) is 5.43. The summed E-state index contributed by atoms with van der Waals surface area (Å²) in [6, 6.07) is 6.77. The van der Waals surface area contributed by atoms with Crippen LogP contribution in [0.4, 0.5) is 0 Å². The number of nitrogens with one attached hydrogen (secondary N) is 1. The topological polar surface area (TPSA) is 116 Å². The number of aromatic nitrogens is 4. The molecule has 1 amide bonds. The van der Waals surface area contributed by atoms with Crippen LogP contribution >= 0.6 is 12.6 Å². The zero-order valence-electron chi connectivity index (χ0n) is 13.3. The highest BCUT2D eigenvalue weighted by molar-refractivity contribution is 7.80. The van der Waals surface area contributed by atoms with E-state index in [0.29, 0.717) is 37.0 Å². The van der Waals surface area contributed by atoms with E-state index < -0.39 is 6.04 Å². The molecule has 1 atom stereocenters. The van der Waals surface area contributed by atoms with Gasteiger partial charge in [0.2, 0.25) is 11.7 Å². The van der Waals surface area contributed by atoms with E-state index in [1.165, 1.54) is 0 Å². The fourth-order valence-corrected chi connectivity index (χ4v) is 1.95. The Morgan fingerprint density at radius 1 is 1.25 bits per heavy atom. The van der Waals surface area contributed by atoms with Crippen molar-refractivity contribution in [2.75, 3.05) is 18.9 Å². The lowest BCUT2D eigenvalue weighted by Crippen LogP contribution is -2.42. The molecule has 0 aliphatic rings. The second-order valence-electron chi connectivity index (χ2n) is 5.08. The first-order chi connectivity index (χ1) is 11.6. The third-order valence-electron chi connectivity index (χ3n) is 3.11. The SMILES string of the molecule is Cc1nnc(-c2ccc(OCCCNC(=O)C(N)CS)cc2)nn1. The quantitative estimate of drug-likeness (QED) is 0.466. The maximum Gasteiger partial charge on any atom is 0.237 e. The Kier molecular flexibility index (Phi) is 6.89. The van der Waals surface area contributed by atoms with Gasteiger partial charge in [0.15, 0.2) is 5.82 Å². The summed E-state index contributed by atoms with van der Waals surface area (Å²) in [5.41, 5.74) is 6.37. The van der Waals surface area contributed by atoms with Gasteiger partial charge in [0.05, 0.1) is 12.6 Å². The van der Waals surface area contributed by atoms with Crippen LogP contribution in [-0.4, -0.2) is 51.2 Å². The maximum atomic E-state index is 11.5. The van der Waals surface area contributed by atoms with Gasteiger partial charge in [0.25, 0.3) is 0 Å². The van der Waals surface area contributed by atoms with Gasteiger partial charge in [-0.15, -0.1) is 20.4 Å². The van der Waals surface area contributed by atoms with E-state index in [4.69, 9.17) is 10.5 Å². The van der Waals surface area contributed by atoms with Crippen molar-refractivity contribution in [1.29, 1.82) is 0 Å². The lowest BCUT2D eigenvalue weighted by Gasteiger charge is -2.10. The molecule has 0 spiro atoms. The van der Waals surface area contributed by atoms with E-state index in [1.54, 1.807) is 6.92 Å². The first-order valence-corrected chi connectivity index (χ1v) is 8.15. The van der Waals surface area contributed by atoms with Gasteiger partial charge in [-0.3, -0.25) is 4.79 Å². The Bertz CT molecular complexity index is 650. The molecule has 2 rings (SSSR count). The molecule has 128 valence electrons. The molecule has 0 radical (unpaired) electrons. The Morgan fingerprint density at radius 3 is 2.54 bits per heavy atom. The number of ether oxygens (including phenoxy) is 1. The summed E-state index contributed by atoms with van der Waals surface area (Å²) in [4.78, 5) is 11.5. The van der Waals surface area contributed by atoms with Crippen LogP contribution in [0, 0.1) is 6.92 Å². The van der Waals surface area contributed by atoms with Crippen molar-refractivity contribution in [3.05, 3.63) is 30.1 Å². The van der Waals surface area contributed by atoms with Crippen molar-refractivity contribution in [3.8, 4) is 17.1 Å². The van der Waals surface area contributed by atoms with Gasteiger partial charge in [0.1, 0.15) is 5.75 Å². The zero-order chi connectivity index (χ0) is 17.4. The second kappa shape index (κ2) is 9.14. The number of hydrogen-bond acceptors (Lipinski definition) is 8. The molecule has 1 heterocycles. The molecule has 0 saturated carbocycles. The number of benzene rings is 1. The predicted molar refractivity (Wildman–Crippen MR) is 92.7 cm³/mol. The number of amides is 1. The van der Waals surface area contributed by atoms with E-state index >= 15 is 0 Å². The number of nitrogens with two attached hydrogens (primary N) is 1. The Hall–Kier alpha value is -2.26. The number of nitrogens with zero attached hydrogens (tertiary/aromatic N) is 4. The number of rotatable bonds is 8. The van der Waals surface area contributed by atoms with Gasteiger partial charge in [0, 0.05) is 17.9 Å². The van der Waals surface area contributed by atoms with Gasteiger partial charge in [-0.2, -0.15) is 12.6 Å². The van der Waals surface area contributed by atoms with Crippen molar-refractivity contribution in [2.24, 2.45) is 5.73 Å². The lowest BCUT2D eigenvalue weighted by molar-refractivity contribution is -0.121. The van der Waals surface area contributed by atoms with Crippen LogP contribution in [0.3, 0.4) is 0 Å². The lowest BCUT2D eigenvalue weighted by atomic mass is 10.2. The highest BCUT2D eigenvalue weighted by Crippen LogP contribution is 2.18. The Morgan fingerprint density at radius 2 is 1.92 bits per heavy atom. The summed E-state index contributed by atoms with van der Waals surface area (Å²) >= 11 is 3.98. The van der Waals surface area contributed by atoms with Crippen molar-refractivity contribution in [3.63, 3.8) is 0 Å². The molecule has 0 aliphatic carbocycles. The minimum atomic E-state index is -0.574.